The number of rotatable bonds is 3. The average Bonchev–Trinajstić information content (AvgIpc) is 3.22. The molecule has 2 aliphatic heterocycles. The molecule has 3 rings (SSSR count). The van der Waals surface area contributed by atoms with Crippen molar-refractivity contribution in [1.29, 1.82) is 0 Å². The number of ether oxygens (including phenoxy) is 1. The normalized spacial score (nSPS) is 18.7. The second-order valence-corrected chi connectivity index (χ2v) is 6.56. The SMILES string of the molecule is CCOC(=O)N1CCN(C(=O)C2CCN(C(=O)c3ccco3)CC2)CC1. The summed E-state index contributed by atoms with van der Waals surface area (Å²) in [7, 11) is 0. The van der Waals surface area contributed by atoms with Gasteiger partial charge in [-0.15, -0.1) is 0 Å². The Kier molecular flexibility index (Phi) is 5.80. The molecule has 2 aliphatic rings. The van der Waals surface area contributed by atoms with E-state index >= 15 is 0 Å². The van der Waals surface area contributed by atoms with Gasteiger partial charge in [0.2, 0.25) is 5.91 Å². The first-order valence-electron chi connectivity index (χ1n) is 9.13. The Morgan fingerprint density at radius 1 is 1.04 bits per heavy atom. The second-order valence-electron chi connectivity index (χ2n) is 6.56. The molecule has 1 aromatic heterocycles. The lowest BCUT2D eigenvalue weighted by molar-refractivity contribution is -0.138. The zero-order valence-electron chi connectivity index (χ0n) is 15.1. The van der Waals surface area contributed by atoms with Crippen LogP contribution in [-0.2, 0) is 9.53 Å². The van der Waals surface area contributed by atoms with Crippen molar-refractivity contribution in [3.63, 3.8) is 0 Å². The Balaban J connectivity index is 1.46. The number of carbonyl (C=O) groups excluding carboxylic acids is 3. The molecule has 2 fully saturated rings. The van der Waals surface area contributed by atoms with Gasteiger partial charge in [-0.1, -0.05) is 0 Å². The molecule has 3 amide bonds. The molecule has 8 heteroatoms. The van der Waals surface area contributed by atoms with Crippen molar-refractivity contribution in [1.82, 2.24) is 14.7 Å². The van der Waals surface area contributed by atoms with Crippen LogP contribution < -0.4 is 0 Å². The van der Waals surface area contributed by atoms with E-state index in [-0.39, 0.29) is 23.8 Å². The fourth-order valence-electron chi connectivity index (χ4n) is 3.47. The molecule has 1 aromatic rings. The molecule has 8 nitrogen and oxygen atoms in total. The molecule has 0 spiro atoms. The minimum atomic E-state index is -0.315. The molecule has 2 saturated heterocycles. The lowest BCUT2D eigenvalue weighted by atomic mass is 9.94. The van der Waals surface area contributed by atoms with Crippen molar-refractivity contribution in [3.8, 4) is 0 Å². The minimum absolute atomic E-state index is 0.0650. The zero-order valence-corrected chi connectivity index (χ0v) is 15.1. The van der Waals surface area contributed by atoms with E-state index in [2.05, 4.69) is 0 Å². The largest absolute Gasteiger partial charge is 0.459 e. The summed E-state index contributed by atoms with van der Waals surface area (Å²) in [5, 5.41) is 0. The molecular formula is C18H25N3O5. The van der Waals surface area contributed by atoms with Crippen LogP contribution in [0.3, 0.4) is 0 Å². The van der Waals surface area contributed by atoms with E-state index in [1.54, 1.807) is 28.9 Å². The smallest absolute Gasteiger partial charge is 0.409 e. The molecule has 0 N–H and O–H groups in total. The zero-order chi connectivity index (χ0) is 18.5. The predicted molar refractivity (Wildman–Crippen MR) is 92.5 cm³/mol. The Hall–Kier alpha value is -2.51. The summed E-state index contributed by atoms with van der Waals surface area (Å²) in [6.45, 7) is 5.30. The number of hydrogen-bond donors (Lipinski definition) is 0. The van der Waals surface area contributed by atoms with Gasteiger partial charge in [-0.3, -0.25) is 9.59 Å². The summed E-state index contributed by atoms with van der Waals surface area (Å²) in [4.78, 5) is 41.9. The average molecular weight is 363 g/mol. The number of piperazine rings is 1. The Bertz CT molecular complexity index is 629. The maximum atomic E-state index is 12.7. The van der Waals surface area contributed by atoms with Gasteiger partial charge in [-0.2, -0.15) is 0 Å². The first-order chi connectivity index (χ1) is 12.6. The number of piperidine rings is 1. The van der Waals surface area contributed by atoms with E-state index in [0.29, 0.717) is 64.5 Å². The van der Waals surface area contributed by atoms with Crippen molar-refractivity contribution < 1.29 is 23.5 Å². The van der Waals surface area contributed by atoms with Crippen molar-refractivity contribution in [3.05, 3.63) is 24.2 Å². The molecule has 0 radical (unpaired) electrons. The van der Waals surface area contributed by atoms with Crippen LogP contribution in [0.5, 0.6) is 0 Å². The lowest BCUT2D eigenvalue weighted by Crippen LogP contribution is -2.53. The van der Waals surface area contributed by atoms with Crippen molar-refractivity contribution in [2.24, 2.45) is 5.92 Å². The molecule has 0 unspecified atom stereocenters. The first-order valence-corrected chi connectivity index (χ1v) is 9.13. The number of carbonyl (C=O) groups is 3. The number of amides is 3. The van der Waals surface area contributed by atoms with Gasteiger partial charge >= 0.3 is 6.09 Å². The van der Waals surface area contributed by atoms with Crippen molar-refractivity contribution in [2.75, 3.05) is 45.9 Å². The Morgan fingerprint density at radius 2 is 1.69 bits per heavy atom. The molecule has 0 aliphatic carbocycles. The van der Waals surface area contributed by atoms with Gasteiger partial charge in [0.15, 0.2) is 5.76 Å². The number of likely N-dealkylation sites (tertiary alicyclic amines) is 1. The molecule has 0 bridgehead atoms. The number of hydrogen-bond acceptors (Lipinski definition) is 5. The second kappa shape index (κ2) is 8.25. The maximum absolute atomic E-state index is 12.7. The van der Waals surface area contributed by atoms with Gasteiger partial charge in [0.1, 0.15) is 0 Å². The van der Waals surface area contributed by atoms with Crippen LogP contribution in [0.4, 0.5) is 4.79 Å². The summed E-state index contributed by atoms with van der Waals surface area (Å²) in [5.41, 5.74) is 0. The third kappa shape index (κ3) is 4.00. The molecule has 0 atom stereocenters. The van der Waals surface area contributed by atoms with Gasteiger partial charge in [0.25, 0.3) is 5.91 Å². The summed E-state index contributed by atoms with van der Waals surface area (Å²) in [6, 6.07) is 3.35. The standard InChI is InChI=1S/C18H25N3O5/c1-2-25-18(24)21-11-9-20(10-12-21)16(22)14-5-7-19(8-6-14)17(23)15-4-3-13-26-15/h3-4,13-14H,2,5-12H2,1H3. The third-order valence-corrected chi connectivity index (χ3v) is 4.98. The van der Waals surface area contributed by atoms with Crippen LogP contribution in [-0.4, -0.2) is 78.5 Å². The van der Waals surface area contributed by atoms with Crippen LogP contribution >= 0.6 is 0 Å². The van der Waals surface area contributed by atoms with Gasteiger partial charge in [0, 0.05) is 45.2 Å². The molecule has 0 saturated carbocycles. The van der Waals surface area contributed by atoms with E-state index in [4.69, 9.17) is 9.15 Å². The third-order valence-electron chi connectivity index (χ3n) is 4.98. The topological polar surface area (TPSA) is 83.3 Å². The molecule has 0 aromatic carbocycles. The van der Waals surface area contributed by atoms with E-state index in [1.807, 2.05) is 4.90 Å². The highest BCUT2D eigenvalue weighted by molar-refractivity contribution is 5.91. The molecule has 26 heavy (non-hydrogen) atoms. The van der Waals surface area contributed by atoms with Gasteiger partial charge in [-0.25, -0.2) is 4.79 Å². The van der Waals surface area contributed by atoms with E-state index in [0.717, 1.165) is 0 Å². The summed E-state index contributed by atoms with van der Waals surface area (Å²) in [6.07, 6.45) is 2.48. The van der Waals surface area contributed by atoms with Gasteiger partial charge in [0.05, 0.1) is 12.9 Å². The highest BCUT2D eigenvalue weighted by Crippen LogP contribution is 2.22. The monoisotopic (exact) mass is 363 g/mol. The minimum Gasteiger partial charge on any atom is -0.459 e. The summed E-state index contributed by atoms with van der Waals surface area (Å²) in [5.74, 6) is 0.275. The van der Waals surface area contributed by atoms with Gasteiger partial charge in [-0.05, 0) is 31.9 Å². The lowest BCUT2D eigenvalue weighted by Gasteiger charge is -2.38. The Labute approximate surface area is 152 Å². The van der Waals surface area contributed by atoms with Crippen LogP contribution in [0.25, 0.3) is 0 Å². The summed E-state index contributed by atoms with van der Waals surface area (Å²) < 4.78 is 10.2. The first kappa shape index (κ1) is 18.3. The van der Waals surface area contributed by atoms with Gasteiger partial charge < -0.3 is 23.9 Å². The number of nitrogens with zero attached hydrogens (tertiary/aromatic N) is 3. The van der Waals surface area contributed by atoms with Crippen LogP contribution in [0.2, 0.25) is 0 Å². The van der Waals surface area contributed by atoms with E-state index in [1.165, 1.54) is 6.26 Å². The quantitative estimate of drug-likeness (QED) is 0.811. The fraction of sp³-hybridized carbons (Fsp3) is 0.611. The molecule has 142 valence electrons. The highest BCUT2D eigenvalue weighted by Gasteiger charge is 2.33. The van der Waals surface area contributed by atoms with Crippen molar-refractivity contribution >= 4 is 17.9 Å². The Morgan fingerprint density at radius 3 is 2.27 bits per heavy atom. The number of furan rings is 1. The molecule has 3 heterocycles. The van der Waals surface area contributed by atoms with Crippen LogP contribution in [0.15, 0.2) is 22.8 Å². The maximum Gasteiger partial charge on any atom is 0.409 e. The predicted octanol–water partition coefficient (Wildman–Crippen LogP) is 1.43. The highest BCUT2D eigenvalue weighted by atomic mass is 16.6. The summed E-state index contributed by atoms with van der Waals surface area (Å²) >= 11 is 0. The molecular weight excluding hydrogens is 338 g/mol. The fourth-order valence-corrected chi connectivity index (χ4v) is 3.47. The van der Waals surface area contributed by atoms with Crippen LogP contribution in [0.1, 0.15) is 30.3 Å². The van der Waals surface area contributed by atoms with E-state index in [9.17, 15) is 14.4 Å². The van der Waals surface area contributed by atoms with Crippen LogP contribution in [0, 0.1) is 5.92 Å². The van der Waals surface area contributed by atoms with E-state index < -0.39 is 0 Å². The van der Waals surface area contributed by atoms with Crippen molar-refractivity contribution in [2.45, 2.75) is 19.8 Å².